The molecule has 0 bridgehead atoms. The van der Waals surface area contributed by atoms with Gasteiger partial charge < -0.3 is 4.79 Å². The normalized spacial score (nSPS) is 41.6. The third kappa shape index (κ3) is 2.93. The lowest BCUT2D eigenvalue weighted by Crippen LogP contribution is -2.49. The number of hydrogen-bond donors (Lipinski definition) is 0. The third-order valence-electron chi connectivity index (χ3n) is 7.52. The lowest BCUT2D eigenvalue weighted by atomic mass is 9.47. The Morgan fingerprint density at radius 3 is 2.82 bits per heavy atom. The van der Waals surface area contributed by atoms with Crippen molar-refractivity contribution in [2.75, 3.05) is 0 Å². The minimum absolute atomic E-state index is 0.348. The summed E-state index contributed by atoms with van der Waals surface area (Å²) in [7, 11) is 0. The molecule has 0 spiro atoms. The number of rotatable bonds is 4. The highest BCUT2D eigenvalue weighted by Gasteiger charge is 2.51. The zero-order chi connectivity index (χ0) is 15.7. The molecule has 0 radical (unpaired) electrons. The Kier molecular flexibility index (Phi) is 4.80. The van der Waals surface area contributed by atoms with E-state index in [0.717, 1.165) is 30.6 Å². The van der Waals surface area contributed by atoms with Gasteiger partial charge in [-0.2, -0.15) is 0 Å². The Morgan fingerprint density at radius 1 is 1.23 bits per heavy atom. The first-order valence-electron chi connectivity index (χ1n) is 9.69. The number of carbonyl (C=O) groups excluding carboxylic acids is 1. The molecule has 0 aromatic heterocycles. The topological polar surface area (TPSA) is 17.1 Å². The summed E-state index contributed by atoms with van der Waals surface area (Å²) in [5, 5.41) is 0. The predicted octanol–water partition coefficient (Wildman–Crippen LogP) is 5.93. The summed E-state index contributed by atoms with van der Waals surface area (Å²) in [5.41, 5.74) is 2.11. The van der Waals surface area contributed by atoms with Crippen LogP contribution in [0.25, 0.3) is 0 Å². The number of carbonyl (C=O) groups is 1. The van der Waals surface area contributed by atoms with Gasteiger partial charge in [-0.25, -0.2) is 0 Å². The van der Waals surface area contributed by atoms with E-state index < -0.39 is 0 Å². The number of Topliss-reactive ketones (excluding diaryl/α,β-unsaturated/α-hetero) is 1. The van der Waals surface area contributed by atoms with Gasteiger partial charge in [0, 0.05) is 6.42 Å². The fraction of sp³-hybridized carbons (Fsp3) is 0.857. The molecule has 3 aliphatic carbocycles. The van der Waals surface area contributed by atoms with E-state index in [2.05, 4.69) is 13.5 Å². The molecule has 0 aromatic rings. The zero-order valence-electron chi connectivity index (χ0n) is 14.7. The number of allylic oxidation sites excluding steroid dienone is 1. The standard InChI is InChI=1S/C21H34O/c1-15-10-13-20-19(18(15)9-6-7-16(2)22)12-11-17-8-4-5-14-21(17,20)3/h17-20H,1,4-14H2,2-3H3. The van der Waals surface area contributed by atoms with E-state index >= 15 is 0 Å². The van der Waals surface area contributed by atoms with E-state index in [1.165, 1.54) is 63.4 Å². The molecule has 3 saturated carbocycles. The monoisotopic (exact) mass is 302 g/mol. The van der Waals surface area contributed by atoms with Crippen LogP contribution < -0.4 is 0 Å². The molecule has 1 nitrogen and oxygen atoms in total. The van der Waals surface area contributed by atoms with Crippen LogP contribution in [0.1, 0.15) is 84.5 Å². The van der Waals surface area contributed by atoms with E-state index in [4.69, 9.17) is 0 Å². The average molecular weight is 303 g/mol. The molecule has 3 rings (SSSR count). The van der Waals surface area contributed by atoms with E-state index in [1.807, 2.05) is 0 Å². The summed E-state index contributed by atoms with van der Waals surface area (Å²) in [6.45, 7) is 8.77. The molecule has 3 fully saturated rings. The Bertz CT molecular complexity index is 437. The van der Waals surface area contributed by atoms with E-state index in [-0.39, 0.29) is 0 Å². The van der Waals surface area contributed by atoms with Crippen LogP contribution in [0.4, 0.5) is 0 Å². The summed E-state index contributed by atoms with van der Waals surface area (Å²) in [6, 6.07) is 0. The lowest BCUT2D eigenvalue weighted by molar-refractivity contribution is -0.117. The summed E-state index contributed by atoms with van der Waals surface area (Å²) < 4.78 is 0. The Hall–Kier alpha value is -0.590. The second-order valence-electron chi connectivity index (χ2n) is 8.69. The van der Waals surface area contributed by atoms with Crippen molar-refractivity contribution in [2.24, 2.45) is 29.1 Å². The van der Waals surface area contributed by atoms with Gasteiger partial charge >= 0.3 is 0 Å². The van der Waals surface area contributed by atoms with Crippen molar-refractivity contribution in [3.8, 4) is 0 Å². The maximum absolute atomic E-state index is 11.3. The van der Waals surface area contributed by atoms with E-state index in [0.29, 0.717) is 17.1 Å². The van der Waals surface area contributed by atoms with Crippen molar-refractivity contribution in [3.05, 3.63) is 12.2 Å². The molecule has 3 aliphatic rings. The molecular weight excluding hydrogens is 268 g/mol. The molecule has 22 heavy (non-hydrogen) atoms. The van der Waals surface area contributed by atoms with Gasteiger partial charge in [0.2, 0.25) is 0 Å². The first-order valence-corrected chi connectivity index (χ1v) is 9.69. The molecule has 0 heterocycles. The fourth-order valence-corrected chi connectivity index (χ4v) is 6.32. The van der Waals surface area contributed by atoms with Crippen LogP contribution in [0.15, 0.2) is 12.2 Å². The number of ketones is 1. The summed E-state index contributed by atoms with van der Waals surface area (Å²) in [4.78, 5) is 11.3. The first-order chi connectivity index (χ1) is 10.5. The van der Waals surface area contributed by atoms with Crippen LogP contribution in [0, 0.1) is 29.1 Å². The van der Waals surface area contributed by atoms with Crippen LogP contribution in [-0.4, -0.2) is 5.78 Å². The third-order valence-corrected chi connectivity index (χ3v) is 7.52. The van der Waals surface area contributed by atoms with Gasteiger partial charge in [-0.05, 0) is 87.4 Å². The van der Waals surface area contributed by atoms with Gasteiger partial charge in [-0.15, -0.1) is 0 Å². The fourth-order valence-electron chi connectivity index (χ4n) is 6.32. The van der Waals surface area contributed by atoms with Crippen molar-refractivity contribution in [1.82, 2.24) is 0 Å². The SMILES string of the molecule is C=C1CCC2C(CCC3CCCCC32C)C1CCCC(C)=O. The molecule has 0 aromatic carbocycles. The molecule has 0 amide bonds. The second kappa shape index (κ2) is 6.49. The van der Waals surface area contributed by atoms with Crippen LogP contribution in [0.2, 0.25) is 0 Å². The highest BCUT2D eigenvalue weighted by Crippen LogP contribution is 2.61. The molecule has 0 aliphatic heterocycles. The average Bonchev–Trinajstić information content (AvgIpc) is 2.48. The highest BCUT2D eigenvalue weighted by atomic mass is 16.1. The molecule has 5 atom stereocenters. The lowest BCUT2D eigenvalue weighted by Gasteiger charge is -2.58. The molecular formula is C21H34O. The van der Waals surface area contributed by atoms with Crippen LogP contribution >= 0.6 is 0 Å². The molecule has 0 N–H and O–H groups in total. The zero-order valence-corrected chi connectivity index (χ0v) is 14.7. The maximum Gasteiger partial charge on any atom is 0.129 e. The minimum Gasteiger partial charge on any atom is -0.300 e. The predicted molar refractivity (Wildman–Crippen MR) is 92.7 cm³/mol. The van der Waals surface area contributed by atoms with E-state index in [1.54, 1.807) is 6.92 Å². The Balaban J connectivity index is 1.73. The molecule has 124 valence electrons. The quantitative estimate of drug-likeness (QED) is 0.588. The smallest absolute Gasteiger partial charge is 0.129 e. The minimum atomic E-state index is 0.348. The largest absolute Gasteiger partial charge is 0.300 e. The van der Waals surface area contributed by atoms with Crippen molar-refractivity contribution in [2.45, 2.75) is 84.5 Å². The van der Waals surface area contributed by atoms with Crippen LogP contribution in [-0.2, 0) is 4.79 Å². The highest BCUT2D eigenvalue weighted by molar-refractivity contribution is 5.75. The van der Waals surface area contributed by atoms with Gasteiger partial charge in [0.1, 0.15) is 5.78 Å². The van der Waals surface area contributed by atoms with Crippen molar-refractivity contribution in [1.29, 1.82) is 0 Å². The molecule has 0 saturated heterocycles. The maximum atomic E-state index is 11.3. The number of fused-ring (bicyclic) bond motifs is 3. The van der Waals surface area contributed by atoms with Gasteiger partial charge in [0.05, 0.1) is 0 Å². The van der Waals surface area contributed by atoms with Gasteiger partial charge in [0.25, 0.3) is 0 Å². The summed E-state index contributed by atoms with van der Waals surface area (Å²) >= 11 is 0. The second-order valence-corrected chi connectivity index (χ2v) is 8.69. The van der Waals surface area contributed by atoms with Gasteiger partial charge in [-0.1, -0.05) is 31.9 Å². The summed E-state index contributed by atoms with van der Waals surface area (Å²) in [6.07, 6.45) is 14.4. The van der Waals surface area contributed by atoms with Crippen molar-refractivity contribution in [3.63, 3.8) is 0 Å². The van der Waals surface area contributed by atoms with E-state index in [9.17, 15) is 4.79 Å². The molecule has 1 heteroatoms. The van der Waals surface area contributed by atoms with Crippen LogP contribution in [0.3, 0.4) is 0 Å². The van der Waals surface area contributed by atoms with Gasteiger partial charge in [-0.3, -0.25) is 0 Å². The molecule has 5 unspecified atom stereocenters. The van der Waals surface area contributed by atoms with Crippen molar-refractivity contribution < 1.29 is 4.79 Å². The Morgan fingerprint density at radius 2 is 2.05 bits per heavy atom. The summed E-state index contributed by atoms with van der Waals surface area (Å²) in [5.74, 6) is 3.84. The Labute approximate surface area is 136 Å². The van der Waals surface area contributed by atoms with Crippen LogP contribution in [0.5, 0.6) is 0 Å². The number of hydrogen-bond acceptors (Lipinski definition) is 1. The van der Waals surface area contributed by atoms with Gasteiger partial charge in [0.15, 0.2) is 0 Å². The van der Waals surface area contributed by atoms with Crippen molar-refractivity contribution >= 4 is 5.78 Å². The first kappa shape index (κ1) is 16.3.